The predicted molar refractivity (Wildman–Crippen MR) is 125 cm³/mol. The Kier molecular flexibility index (Phi) is 6.55. The maximum atomic E-state index is 6.39. The Morgan fingerprint density at radius 2 is 1.10 bits per heavy atom. The number of para-hydroxylation sites is 2. The summed E-state index contributed by atoms with van der Waals surface area (Å²) in [6.45, 7) is 10.4. The predicted octanol–water partition coefficient (Wildman–Crippen LogP) is 3.07. The molecule has 0 aliphatic carbocycles. The normalized spacial score (nSPS) is 24.1. The van der Waals surface area contributed by atoms with Crippen molar-refractivity contribution in [1.82, 2.24) is 9.80 Å². The minimum Gasteiger partial charge on any atom is -0.452 e. The van der Waals surface area contributed by atoms with E-state index in [1.807, 2.05) is 0 Å². The van der Waals surface area contributed by atoms with Crippen LogP contribution in [0.2, 0.25) is 0 Å². The zero-order valence-electron chi connectivity index (χ0n) is 18.1. The van der Waals surface area contributed by atoms with Crippen molar-refractivity contribution in [3.8, 4) is 0 Å². The second kappa shape index (κ2) is 9.87. The largest absolute Gasteiger partial charge is 0.452 e. The number of rotatable bonds is 0. The highest BCUT2D eigenvalue weighted by Crippen LogP contribution is 2.36. The van der Waals surface area contributed by atoms with Crippen molar-refractivity contribution in [1.29, 1.82) is 0 Å². The lowest BCUT2D eigenvalue weighted by molar-refractivity contribution is 0.0227. The highest BCUT2D eigenvalue weighted by Gasteiger charge is 2.16. The molecule has 2 aromatic carbocycles. The van der Waals surface area contributed by atoms with Crippen LogP contribution in [0.1, 0.15) is 0 Å². The van der Waals surface area contributed by atoms with Gasteiger partial charge in [-0.05, 0) is 12.1 Å². The molecule has 7 nitrogen and oxygen atoms in total. The smallest absolute Gasteiger partial charge is 0.158 e. The Labute approximate surface area is 183 Å². The standard InChI is InChI=1S/C24H32N4O3/c1-3-19-20-4-2-6-22-24(20)31-23(19)21(5-1)25-7-9-27-11-12-28(10-8-26-22)14-16-30-18-17-29-15-13-27/h1-6,25-26H,7-18H2. The fourth-order valence-electron chi connectivity index (χ4n) is 4.46. The van der Waals surface area contributed by atoms with Gasteiger partial charge in [-0.15, -0.1) is 0 Å². The summed E-state index contributed by atoms with van der Waals surface area (Å²) in [7, 11) is 0. The Hall–Kier alpha value is -2.32. The molecule has 2 unspecified atom stereocenters. The third-order valence-corrected chi connectivity index (χ3v) is 6.22. The number of anilines is 2. The van der Waals surface area contributed by atoms with E-state index in [4.69, 9.17) is 13.9 Å². The van der Waals surface area contributed by atoms with Crippen LogP contribution >= 0.6 is 0 Å². The van der Waals surface area contributed by atoms with Gasteiger partial charge in [0.05, 0.1) is 37.8 Å². The van der Waals surface area contributed by atoms with Gasteiger partial charge in [0, 0.05) is 63.1 Å². The first-order chi connectivity index (χ1) is 15.4. The molecular weight excluding hydrogens is 392 g/mol. The number of nitrogens with one attached hydrogen (secondary N) is 2. The topological polar surface area (TPSA) is 62.1 Å². The SMILES string of the molecule is c1cc2c3oc4c(cccc4c3c1)NCCN1CCOCCOCCN(CCN2)CC1. The molecule has 0 amide bonds. The van der Waals surface area contributed by atoms with Gasteiger partial charge in [0.1, 0.15) is 0 Å². The van der Waals surface area contributed by atoms with Crippen LogP contribution in [0.15, 0.2) is 40.8 Å². The zero-order chi connectivity index (χ0) is 20.9. The lowest BCUT2D eigenvalue weighted by Gasteiger charge is -2.28. The number of fused-ring (bicyclic) bond motifs is 4. The number of hydrogen-bond donors (Lipinski definition) is 2. The highest BCUT2D eigenvalue weighted by atomic mass is 16.5. The molecule has 0 radical (unpaired) electrons. The molecule has 1 aromatic heterocycles. The lowest BCUT2D eigenvalue weighted by Crippen LogP contribution is -2.42. The Morgan fingerprint density at radius 1 is 0.581 bits per heavy atom. The fourth-order valence-corrected chi connectivity index (χ4v) is 4.46. The molecule has 3 aromatic rings. The van der Waals surface area contributed by atoms with Gasteiger partial charge < -0.3 is 24.5 Å². The van der Waals surface area contributed by atoms with Crippen LogP contribution in [0.25, 0.3) is 21.9 Å². The van der Waals surface area contributed by atoms with Crippen molar-refractivity contribution >= 4 is 33.3 Å². The summed E-state index contributed by atoms with van der Waals surface area (Å²) < 4.78 is 17.9. The number of ether oxygens (including phenoxy) is 2. The van der Waals surface area contributed by atoms with Crippen molar-refractivity contribution in [3.63, 3.8) is 0 Å². The molecule has 1 saturated heterocycles. The maximum absolute atomic E-state index is 6.39. The van der Waals surface area contributed by atoms with Gasteiger partial charge in [-0.25, -0.2) is 0 Å². The van der Waals surface area contributed by atoms with Crippen molar-refractivity contribution in [2.24, 2.45) is 0 Å². The average Bonchev–Trinajstić information content (AvgIpc) is 3.16. The monoisotopic (exact) mass is 424 g/mol. The summed E-state index contributed by atoms with van der Waals surface area (Å²) in [5, 5.41) is 9.54. The minimum absolute atomic E-state index is 0.667. The van der Waals surface area contributed by atoms with Crippen LogP contribution in [-0.2, 0) is 9.47 Å². The second-order valence-electron chi connectivity index (χ2n) is 8.23. The molecule has 1 fully saturated rings. The molecule has 166 valence electrons. The van der Waals surface area contributed by atoms with Crippen molar-refractivity contribution in [3.05, 3.63) is 36.4 Å². The van der Waals surface area contributed by atoms with E-state index < -0.39 is 0 Å². The molecule has 31 heavy (non-hydrogen) atoms. The van der Waals surface area contributed by atoms with E-state index in [1.165, 1.54) is 0 Å². The van der Waals surface area contributed by atoms with Crippen LogP contribution in [0.4, 0.5) is 11.4 Å². The summed E-state index contributed by atoms with van der Waals surface area (Å²) >= 11 is 0. The van der Waals surface area contributed by atoms with E-state index in [0.29, 0.717) is 13.2 Å². The minimum atomic E-state index is 0.667. The summed E-state index contributed by atoms with van der Waals surface area (Å²) in [6, 6.07) is 12.7. The molecule has 2 aliphatic heterocycles. The second-order valence-corrected chi connectivity index (χ2v) is 8.23. The number of benzene rings is 2. The maximum Gasteiger partial charge on any atom is 0.158 e. The fraction of sp³-hybridized carbons (Fsp3) is 0.500. The molecule has 2 aliphatic rings. The van der Waals surface area contributed by atoms with E-state index in [0.717, 1.165) is 98.9 Å². The summed E-state index contributed by atoms with van der Waals surface area (Å²) in [5.41, 5.74) is 3.97. The van der Waals surface area contributed by atoms with Crippen LogP contribution in [-0.4, -0.2) is 88.6 Å². The average molecular weight is 425 g/mol. The van der Waals surface area contributed by atoms with Gasteiger partial charge in [-0.3, -0.25) is 9.80 Å². The van der Waals surface area contributed by atoms with Crippen LogP contribution in [0.3, 0.4) is 0 Å². The van der Waals surface area contributed by atoms with Gasteiger partial charge in [0.2, 0.25) is 0 Å². The van der Waals surface area contributed by atoms with Gasteiger partial charge in [-0.2, -0.15) is 0 Å². The first-order valence-electron chi connectivity index (χ1n) is 11.4. The quantitative estimate of drug-likeness (QED) is 0.575. The van der Waals surface area contributed by atoms with E-state index in [1.54, 1.807) is 0 Å². The van der Waals surface area contributed by atoms with Gasteiger partial charge in [0.15, 0.2) is 11.2 Å². The van der Waals surface area contributed by atoms with Crippen LogP contribution < -0.4 is 10.6 Å². The molecule has 5 rings (SSSR count). The molecule has 2 N–H and O–H groups in total. The van der Waals surface area contributed by atoms with Gasteiger partial charge in [0.25, 0.3) is 0 Å². The lowest BCUT2D eigenvalue weighted by atomic mass is 10.1. The summed E-state index contributed by atoms with van der Waals surface area (Å²) in [4.78, 5) is 4.98. The molecule has 0 spiro atoms. The van der Waals surface area contributed by atoms with Crippen molar-refractivity contribution in [2.45, 2.75) is 0 Å². The summed E-state index contributed by atoms with van der Waals surface area (Å²) in [5.74, 6) is 0. The van der Waals surface area contributed by atoms with Crippen LogP contribution in [0, 0.1) is 0 Å². The number of furan rings is 1. The Bertz CT molecular complexity index is 927. The zero-order valence-corrected chi connectivity index (χ0v) is 18.1. The molecule has 4 bridgehead atoms. The number of nitrogens with zero attached hydrogens (tertiary/aromatic N) is 2. The van der Waals surface area contributed by atoms with Crippen molar-refractivity contribution in [2.75, 3.05) is 89.4 Å². The van der Waals surface area contributed by atoms with Crippen LogP contribution in [0.5, 0.6) is 0 Å². The van der Waals surface area contributed by atoms with E-state index in [-0.39, 0.29) is 0 Å². The third-order valence-electron chi connectivity index (χ3n) is 6.22. The first-order valence-corrected chi connectivity index (χ1v) is 11.4. The molecule has 2 atom stereocenters. The summed E-state index contributed by atoms with van der Waals surface area (Å²) in [6.07, 6.45) is 0. The van der Waals surface area contributed by atoms with E-state index in [9.17, 15) is 0 Å². The first kappa shape index (κ1) is 20.6. The van der Waals surface area contributed by atoms with Crippen molar-refractivity contribution < 1.29 is 13.9 Å². The van der Waals surface area contributed by atoms with Gasteiger partial charge in [-0.1, -0.05) is 24.3 Å². The number of hydrogen-bond acceptors (Lipinski definition) is 7. The Balaban J connectivity index is 1.45. The molecule has 7 heteroatoms. The highest BCUT2D eigenvalue weighted by molar-refractivity contribution is 6.11. The third kappa shape index (κ3) is 4.80. The van der Waals surface area contributed by atoms with E-state index in [2.05, 4.69) is 56.8 Å². The molecule has 3 heterocycles. The van der Waals surface area contributed by atoms with E-state index >= 15 is 0 Å². The Morgan fingerprint density at radius 3 is 1.61 bits per heavy atom. The molecular formula is C24H32N4O3. The molecule has 0 saturated carbocycles. The van der Waals surface area contributed by atoms with Gasteiger partial charge >= 0.3 is 0 Å².